The molecule has 2 heterocycles. The largest absolute Gasteiger partial charge is 0.478 e. The third-order valence-electron chi connectivity index (χ3n) is 4.18. The lowest BCUT2D eigenvalue weighted by atomic mass is 10.1. The highest BCUT2D eigenvalue weighted by Crippen LogP contribution is 2.27. The summed E-state index contributed by atoms with van der Waals surface area (Å²) in [6.07, 6.45) is 0. The van der Waals surface area contributed by atoms with Gasteiger partial charge in [-0.3, -0.25) is 0 Å². The molecular weight excluding hydrogens is 308 g/mol. The number of aromatic nitrogens is 2. The van der Waals surface area contributed by atoms with Gasteiger partial charge in [-0.05, 0) is 31.2 Å². The highest BCUT2D eigenvalue weighted by atomic mass is 16.4. The molecule has 1 aliphatic rings. The number of piperazine rings is 1. The van der Waals surface area contributed by atoms with Crippen LogP contribution in [0.5, 0.6) is 0 Å². The first-order chi connectivity index (χ1) is 11.5. The monoisotopic (exact) mass is 328 g/mol. The van der Waals surface area contributed by atoms with Crippen molar-refractivity contribution in [2.24, 2.45) is 0 Å². The number of carboxylic acid groups (broad SMARTS) is 1. The number of anilines is 4. The molecule has 0 bridgehead atoms. The van der Waals surface area contributed by atoms with E-state index in [1.807, 2.05) is 19.1 Å². The number of carbonyl (C=O) groups is 1. The van der Waals surface area contributed by atoms with Crippen molar-refractivity contribution in [1.29, 1.82) is 0 Å². The molecular formula is C16H20N6O2. The first-order valence-electron chi connectivity index (χ1n) is 7.68. The molecule has 1 fully saturated rings. The molecule has 3 rings (SSSR count). The quantitative estimate of drug-likeness (QED) is 0.762. The zero-order valence-electron chi connectivity index (χ0n) is 13.4. The molecule has 8 nitrogen and oxygen atoms in total. The number of aromatic carboxylic acids is 1. The third kappa shape index (κ3) is 3.03. The first-order valence-corrected chi connectivity index (χ1v) is 7.68. The molecule has 0 saturated carbocycles. The lowest BCUT2D eigenvalue weighted by molar-refractivity contribution is 0.0697. The predicted octanol–water partition coefficient (Wildman–Crippen LogP) is 0.974. The van der Waals surface area contributed by atoms with Crippen LogP contribution in [0.3, 0.4) is 0 Å². The molecule has 126 valence electrons. The molecule has 1 aromatic heterocycles. The Labute approximate surface area is 139 Å². The number of nitrogens with zero attached hydrogens (tertiary/aromatic N) is 4. The van der Waals surface area contributed by atoms with Gasteiger partial charge in [-0.2, -0.15) is 4.98 Å². The minimum atomic E-state index is -0.916. The van der Waals surface area contributed by atoms with Gasteiger partial charge in [0.15, 0.2) is 5.82 Å². The number of carboxylic acids is 1. The zero-order chi connectivity index (χ0) is 17.3. The standard InChI is InChI=1S/C16H20N6O2/c1-10-13(14(17)20-16(18)19-10)22-8-6-21(7-9-22)12-4-2-11(3-5-12)15(23)24/h2-5H,6-9H2,1H3,(H,23,24)(H4,17,18,19,20). The fourth-order valence-corrected chi connectivity index (χ4v) is 3.01. The van der Waals surface area contributed by atoms with Gasteiger partial charge in [0.25, 0.3) is 0 Å². The summed E-state index contributed by atoms with van der Waals surface area (Å²) in [4.78, 5) is 23.5. The molecule has 0 radical (unpaired) electrons. The van der Waals surface area contributed by atoms with Crippen molar-refractivity contribution in [1.82, 2.24) is 9.97 Å². The molecule has 1 aliphatic heterocycles. The van der Waals surface area contributed by atoms with Crippen molar-refractivity contribution in [3.63, 3.8) is 0 Å². The summed E-state index contributed by atoms with van der Waals surface area (Å²) >= 11 is 0. The van der Waals surface area contributed by atoms with Crippen LogP contribution in [0.4, 0.5) is 23.1 Å². The maximum atomic E-state index is 10.9. The minimum Gasteiger partial charge on any atom is -0.478 e. The van der Waals surface area contributed by atoms with Crippen LogP contribution >= 0.6 is 0 Å². The van der Waals surface area contributed by atoms with Crippen molar-refractivity contribution < 1.29 is 9.90 Å². The van der Waals surface area contributed by atoms with Gasteiger partial charge < -0.3 is 26.4 Å². The van der Waals surface area contributed by atoms with Gasteiger partial charge in [0.05, 0.1) is 11.3 Å². The maximum absolute atomic E-state index is 10.9. The highest BCUT2D eigenvalue weighted by molar-refractivity contribution is 5.88. The second kappa shape index (κ2) is 6.23. The van der Waals surface area contributed by atoms with Gasteiger partial charge in [-0.1, -0.05) is 0 Å². The normalized spacial score (nSPS) is 14.7. The van der Waals surface area contributed by atoms with Gasteiger partial charge in [-0.15, -0.1) is 0 Å². The average Bonchev–Trinajstić information content (AvgIpc) is 2.54. The van der Waals surface area contributed by atoms with Crippen LogP contribution in [-0.2, 0) is 0 Å². The Bertz CT molecular complexity index is 731. The molecule has 24 heavy (non-hydrogen) atoms. The number of nitrogens with two attached hydrogens (primary N) is 2. The first kappa shape index (κ1) is 15.9. The number of hydrogen-bond acceptors (Lipinski definition) is 7. The molecule has 0 aliphatic carbocycles. The van der Waals surface area contributed by atoms with Gasteiger partial charge in [0.1, 0.15) is 5.69 Å². The summed E-state index contributed by atoms with van der Waals surface area (Å²) < 4.78 is 0. The van der Waals surface area contributed by atoms with E-state index >= 15 is 0 Å². The number of benzene rings is 1. The van der Waals surface area contributed by atoms with Gasteiger partial charge in [-0.25, -0.2) is 9.78 Å². The number of hydrogen-bond donors (Lipinski definition) is 3. The van der Waals surface area contributed by atoms with Crippen LogP contribution in [0.15, 0.2) is 24.3 Å². The molecule has 0 spiro atoms. The fraction of sp³-hybridized carbons (Fsp3) is 0.312. The average molecular weight is 328 g/mol. The second-order valence-corrected chi connectivity index (χ2v) is 5.73. The van der Waals surface area contributed by atoms with E-state index in [4.69, 9.17) is 16.6 Å². The smallest absolute Gasteiger partial charge is 0.335 e. The van der Waals surface area contributed by atoms with Gasteiger partial charge in [0, 0.05) is 31.9 Å². The van der Waals surface area contributed by atoms with E-state index in [1.165, 1.54) is 0 Å². The minimum absolute atomic E-state index is 0.186. The van der Waals surface area contributed by atoms with Crippen LogP contribution in [-0.4, -0.2) is 47.2 Å². The molecule has 8 heteroatoms. The third-order valence-corrected chi connectivity index (χ3v) is 4.18. The Hall–Kier alpha value is -3.03. The Kier molecular flexibility index (Phi) is 4.11. The summed E-state index contributed by atoms with van der Waals surface area (Å²) in [7, 11) is 0. The van der Waals surface area contributed by atoms with Crippen molar-refractivity contribution in [3.05, 3.63) is 35.5 Å². The Morgan fingerprint density at radius 3 is 2.17 bits per heavy atom. The second-order valence-electron chi connectivity index (χ2n) is 5.73. The van der Waals surface area contributed by atoms with E-state index in [-0.39, 0.29) is 5.95 Å². The zero-order valence-corrected chi connectivity index (χ0v) is 13.4. The lowest BCUT2D eigenvalue weighted by Gasteiger charge is -2.38. The SMILES string of the molecule is Cc1nc(N)nc(N)c1N1CCN(c2ccc(C(=O)O)cc2)CC1. The summed E-state index contributed by atoms with van der Waals surface area (Å²) in [6.45, 7) is 5.03. The highest BCUT2D eigenvalue weighted by Gasteiger charge is 2.22. The number of nitrogen functional groups attached to an aromatic ring is 2. The summed E-state index contributed by atoms with van der Waals surface area (Å²) in [5.74, 6) is -0.328. The van der Waals surface area contributed by atoms with E-state index in [1.54, 1.807) is 12.1 Å². The van der Waals surface area contributed by atoms with Gasteiger partial charge >= 0.3 is 5.97 Å². The molecule has 2 aromatic rings. The molecule has 1 aromatic carbocycles. The van der Waals surface area contributed by atoms with Crippen molar-refractivity contribution in [3.8, 4) is 0 Å². The van der Waals surface area contributed by atoms with E-state index in [2.05, 4.69) is 19.8 Å². The molecule has 1 saturated heterocycles. The van der Waals surface area contributed by atoms with Gasteiger partial charge in [0.2, 0.25) is 5.95 Å². The topological polar surface area (TPSA) is 122 Å². The van der Waals surface area contributed by atoms with E-state index in [9.17, 15) is 4.79 Å². The van der Waals surface area contributed by atoms with Crippen LogP contribution in [0, 0.1) is 6.92 Å². The van der Waals surface area contributed by atoms with Crippen molar-refractivity contribution in [2.45, 2.75) is 6.92 Å². The summed E-state index contributed by atoms with van der Waals surface area (Å²) in [5, 5.41) is 8.97. The van der Waals surface area contributed by atoms with Crippen LogP contribution in [0.2, 0.25) is 0 Å². The summed E-state index contributed by atoms with van der Waals surface area (Å²) in [6, 6.07) is 6.93. The molecule has 5 N–H and O–H groups in total. The summed E-state index contributed by atoms with van der Waals surface area (Å²) in [5.41, 5.74) is 14.5. The molecule has 0 amide bonds. The van der Waals surface area contributed by atoms with E-state index in [0.717, 1.165) is 43.2 Å². The lowest BCUT2D eigenvalue weighted by Crippen LogP contribution is -2.47. The predicted molar refractivity (Wildman–Crippen MR) is 93.4 cm³/mol. The van der Waals surface area contributed by atoms with E-state index in [0.29, 0.717) is 11.4 Å². The maximum Gasteiger partial charge on any atom is 0.335 e. The Morgan fingerprint density at radius 1 is 1.04 bits per heavy atom. The van der Waals surface area contributed by atoms with Crippen LogP contribution < -0.4 is 21.3 Å². The molecule has 0 unspecified atom stereocenters. The van der Waals surface area contributed by atoms with Crippen molar-refractivity contribution >= 4 is 29.1 Å². The van der Waals surface area contributed by atoms with Crippen molar-refractivity contribution in [2.75, 3.05) is 47.4 Å². The number of aryl methyl sites for hydroxylation is 1. The number of rotatable bonds is 3. The Balaban J connectivity index is 1.71. The van der Waals surface area contributed by atoms with Crippen LogP contribution in [0.25, 0.3) is 0 Å². The fourth-order valence-electron chi connectivity index (χ4n) is 3.01. The van der Waals surface area contributed by atoms with Crippen LogP contribution in [0.1, 0.15) is 16.1 Å². The van der Waals surface area contributed by atoms with E-state index < -0.39 is 5.97 Å². The molecule has 0 atom stereocenters. The Morgan fingerprint density at radius 2 is 1.62 bits per heavy atom.